The number of rotatable bonds is 16. The summed E-state index contributed by atoms with van der Waals surface area (Å²) in [7, 11) is -7.17. The Kier molecular flexibility index (Phi) is 11.7. The van der Waals surface area contributed by atoms with Crippen LogP contribution in [0.2, 0.25) is 0 Å². The lowest BCUT2D eigenvalue weighted by Gasteiger charge is -2.30. The molecule has 240 valence electrons. The molecule has 0 amide bonds. The van der Waals surface area contributed by atoms with Crippen molar-refractivity contribution in [3.63, 3.8) is 0 Å². The van der Waals surface area contributed by atoms with Gasteiger partial charge in [0.2, 0.25) is 0 Å². The van der Waals surface area contributed by atoms with Gasteiger partial charge in [-0.3, -0.25) is 9.97 Å². The first kappa shape index (κ1) is 34.4. The maximum atomic E-state index is 14.0. The van der Waals surface area contributed by atoms with E-state index in [9.17, 15) is 22.1 Å². The van der Waals surface area contributed by atoms with Crippen LogP contribution in [0.4, 0.5) is 0 Å². The van der Waals surface area contributed by atoms with Crippen molar-refractivity contribution in [3.8, 4) is 6.07 Å². The Balaban J connectivity index is 1.50. The maximum absolute atomic E-state index is 14.0. The molecule has 5 unspecified atom stereocenters. The lowest BCUT2D eigenvalue weighted by Crippen LogP contribution is -2.41. The molecular weight excluding hydrogens is 607 g/mol. The summed E-state index contributed by atoms with van der Waals surface area (Å²) in [6, 6.07) is 20.3. The van der Waals surface area contributed by atoms with Crippen LogP contribution in [-0.2, 0) is 31.2 Å². The Hall–Kier alpha value is -3.43. The highest BCUT2D eigenvalue weighted by molar-refractivity contribution is 7.91. The van der Waals surface area contributed by atoms with E-state index in [1.807, 2.05) is 81.4 Å². The van der Waals surface area contributed by atoms with E-state index in [0.29, 0.717) is 24.0 Å². The van der Waals surface area contributed by atoms with Crippen molar-refractivity contribution >= 4 is 41.5 Å². The fraction of sp³-hybridized carbons (Fsp3) is 0.441. The van der Waals surface area contributed by atoms with Gasteiger partial charge in [0.25, 0.3) is 0 Å². The lowest BCUT2D eigenvalue weighted by atomic mass is 9.92. The summed E-state index contributed by atoms with van der Waals surface area (Å²) in [5.41, 5.74) is 8.94. The van der Waals surface area contributed by atoms with E-state index in [2.05, 4.69) is 21.4 Å². The molecule has 5 atom stereocenters. The molecule has 0 aliphatic heterocycles. The summed E-state index contributed by atoms with van der Waals surface area (Å²) in [6.45, 7) is 5.64. The van der Waals surface area contributed by atoms with Crippen molar-refractivity contribution < 1.29 is 16.8 Å². The highest BCUT2D eigenvalue weighted by Gasteiger charge is 2.34. The normalized spacial score (nSPS) is 15.7. The van der Waals surface area contributed by atoms with E-state index in [1.165, 1.54) is 0 Å². The molecule has 2 heterocycles. The molecule has 0 fully saturated rings. The number of pyridine rings is 2. The minimum Gasteiger partial charge on any atom is -0.328 e. The first-order valence-electron chi connectivity index (χ1n) is 15.3. The van der Waals surface area contributed by atoms with Gasteiger partial charge in [-0.1, -0.05) is 50.2 Å². The van der Waals surface area contributed by atoms with Crippen molar-refractivity contribution in [2.75, 3.05) is 12.3 Å². The van der Waals surface area contributed by atoms with Crippen molar-refractivity contribution in [3.05, 3.63) is 84.2 Å². The zero-order chi connectivity index (χ0) is 32.6. The molecule has 4 aromatic rings. The summed E-state index contributed by atoms with van der Waals surface area (Å²) < 4.78 is 54.5. The minimum atomic E-state index is -3.68. The quantitative estimate of drug-likeness (QED) is 0.160. The van der Waals surface area contributed by atoms with Crippen molar-refractivity contribution in [2.24, 2.45) is 17.6 Å². The number of fused-ring (bicyclic) bond motifs is 2. The summed E-state index contributed by atoms with van der Waals surface area (Å²) in [6.07, 6.45) is 4.34. The van der Waals surface area contributed by atoms with Gasteiger partial charge in [0.1, 0.15) is 0 Å². The van der Waals surface area contributed by atoms with Crippen molar-refractivity contribution in [2.45, 2.75) is 68.9 Å². The molecule has 0 bridgehead atoms. The number of hydrogen-bond donors (Lipinski definition) is 2. The van der Waals surface area contributed by atoms with Gasteiger partial charge in [0.05, 0.1) is 46.2 Å². The third-order valence-corrected chi connectivity index (χ3v) is 12.3. The molecule has 0 radical (unpaired) electrons. The predicted molar refractivity (Wildman–Crippen MR) is 181 cm³/mol. The van der Waals surface area contributed by atoms with Crippen LogP contribution in [0.15, 0.2) is 73.1 Å². The average molecular weight is 650 g/mol. The minimum absolute atomic E-state index is 0.0237. The van der Waals surface area contributed by atoms with Gasteiger partial charge in [-0.2, -0.15) is 5.26 Å². The number of nitrogens with zero attached hydrogens (tertiary/aromatic N) is 3. The second-order valence-electron chi connectivity index (χ2n) is 12.5. The third-order valence-electron chi connectivity index (χ3n) is 8.10. The first-order valence-corrected chi connectivity index (χ1v) is 18.8. The molecular formula is C34H43N5O4S2. The van der Waals surface area contributed by atoms with Crippen LogP contribution in [0, 0.1) is 23.2 Å². The number of nitrogens with two attached hydrogens (primary N) is 1. The molecule has 3 N–H and O–H groups in total. The van der Waals surface area contributed by atoms with E-state index in [4.69, 9.17) is 5.73 Å². The van der Waals surface area contributed by atoms with Crippen LogP contribution in [0.3, 0.4) is 0 Å². The Morgan fingerprint density at radius 2 is 1.38 bits per heavy atom. The SMILES string of the molecule is CC(N)CC(C)C(CC(CC(C)CS(=O)(=O)Cc1cnc2ccccc2c1)NCC#N)S(=O)(=O)Cc1cnc2ccccc2c1. The van der Waals surface area contributed by atoms with Crippen LogP contribution in [0.1, 0.15) is 51.2 Å². The predicted octanol–water partition coefficient (Wildman–Crippen LogP) is 4.95. The second kappa shape index (κ2) is 15.2. The molecule has 45 heavy (non-hydrogen) atoms. The van der Waals surface area contributed by atoms with Gasteiger partial charge in [-0.05, 0) is 73.4 Å². The van der Waals surface area contributed by atoms with Gasteiger partial charge in [-0.25, -0.2) is 16.8 Å². The summed E-state index contributed by atoms with van der Waals surface area (Å²) >= 11 is 0. The van der Waals surface area contributed by atoms with E-state index >= 15 is 0 Å². The van der Waals surface area contributed by atoms with Crippen LogP contribution < -0.4 is 11.1 Å². The van der Waals surface area contributed by atoms with E-state index in [1.54, 1.807) is 12.4 Å². The third kappa shape index (κ3) is 10.0. The van der Waals surface area contributed by atoms with Crippen LogP contribution in [-0.4, -0.2) is 56.4 Å². The van der Waals surface area contributed by atoms with Crippen molar-refractivity contribution in [1.82, 2.24) is 15.3 Å². The van der Waals surface area contributed by atoms with Crippen molar-refractivity contribution in [1.29, 1.82) is 5.26 Å². The van der Waals surface area contributed by atoms with Gasteiger partial charge in [0.15, 0.2) is 19.7 Å². The molecule has 0 saturated heterocycles. The number of aromatic nitrogens is 2. The van der Waals surface area contributed by atoms with E-state index in [-0.39, 0.29) is 54.1 Å². The number of para-hydroxylation sites is 2. The second-order valence-corrected chi connectivity index (χ2v) is 16.8. The van der Waals surface area contributed by atoms with Gasteiger partial charge < -0.3 is 11.1 Å². The monoisotopic (exact) mass is 649 g/mol. The van der Waals surface area contributed by atoms with Crippen LogP contribution in [0.25, 0.3) is 21.8 Å². The maximum Gasteiger partial charge on any atom is 0.157 e. The molecule has 9 nitrogen and oxygen atoms in total. The summed E-state index contributed by atoms with van der Waals surface area (Å²) in [5.74, 6) is -0.910. The highest BCUT2D eigenvalue weighted by atomic mass is 32.2. The Labute approximate surface area is 267 Å². The zero-order valence-corrected chi connectivity index (χ0v) is 27.8. The number of benzene rings is 2. The molecule has 0 aliphatic rings. The fourth-order valence-electron chi connectivity index (χ4n) is 6.23. The number of hydrogen-bond acceptors (Lipinski definition) is 9. The highest BCUT2D eigenvalue weighted by Crippen LogP contribution is 2.28. The van der Waals surface area contributed by atoms with E-state index in [0.717, 1.165) is 21.8 Å². The number of nitriles is 1. The topological polar surface area (TPSA) is 156 Å². The molecule has 11 heteroatoms. The molecule has 4 rings (SSSR count). The van der Waals surface area contributed by atoms with Gasteiger partial charge in [-0.15, -0.1) is 0 Å². The van der Waals surface area contributed by atoms with E-state index < -0.39 is 24.9 Å². The Bertz CT molecular complexity index is 1860. The standard InChI is InChI=1S/C34H43N5O4S2/c1-24(21-44(40,41)22-27-16-29-8-4-6-10-32(29)38-19-27)14-31(37-13-12-35)18-34(25(2)15-26(3)36)45(42,43)23-28-17-30-9-5-7-11-33(30)39-20-28/h4-11,16-17,19-20,24-26,31,34,37H,13-15,18,21-23,36H2,1-3H3. The zero-order valence-electron chi connectivity index (χ0n) is 26.1. The molecule has 2 aromatic carbocycles. The summed E-state index contributed by atoms with van der Waals surface area (Å²) in [5, 5.41) is 13.5. The molecule has 0 aliphatic carbocycles. The number of nitrogens with one attached hydrogen (secondary N) is 1. The largest absolute Gasteiger partial charge is 0.328 e. The van der Waals surface area contributed by atoms with Gasteiger partial charge in [0, 0.05) is 35.2 Å². The smallest absolute Gasteiger partial charge is 0.157 e. The molecule has 0 spiro atoms. The molecule has 2 aromatic heterocycles. The number of sulfone groups is 2. The Morgan fingerprint density at radius 3 is 1.93 bits per heavy atom. The first-order chi connectivity index (χ1) is 21.3. The average Bonchev–Trinajstić information content (AvgIpc) is 2.97. The van der Waals surface area contributed by atoms with Crippen LogP contribution >= 0.6 is 0 Å². The summed E-state index contributed by atoms with van der Waals surface area (Å²) in [4.78, 5) is 8.83. The van der Waals surface area contributed by atoms with Gasteiger partial charge >= 0.3 is 0 Å². The van der Waals surface area contributed by atoms with Crippen LogP contribution in [0.5, 0.6) is 0 Å². The Morgan fingerprint density at radius 1 is 0.822 bits per heavy atom. The fourth-order valence-corrected chi connectivity index (χ4v) is 10.2. The lowest BCUT2D eigenvalue weighted by molar-refractivity contribution is 0.356. The molecule has 0 saturated carbocycles.